The minimum Gasteiger partial charge on any atom is -0.367 e. The van der Waals surface area contributed by atoms with Gasteiger partial charge in [0.2, 0.25) is 5.91 Å². The first kappa shape index (κ1) is 16.9. The number of nitrogens with one attached hydrogen (secondary N) is 1. The highest BCUT2D eigenvalue weighted by Gasteiger charge is 2.25. The zero-order chi connectivity index (χ0) is 17.8. The Morgan fingerprint density at radius 3 is 2.68 bits per heavy atom. The molecule has 25 heavy (non-hydrogen) atoms. The smallest absolute Gasteiger partial charge is 0.224 e. The maximum Gasteiger partial charge on any atom is 0.224 e. The molecule has 128 valence electrons. The maximum absolute atomic E-state index is 13.8. The average molecular weight is 341 g/mol. The van der Waals surface area contributed by atoms with Gasteiger partial charge in [-0.05, 0) is 36.2 Å². The number of rotatable bonds is 4. The highest BCUT2D eigenvalue weighted by Crippen LogP contribution is 2.24. The molecule has 1 amide bonds. The lowest BCUT2D eigenvalue weighted by molar-refractivity contribution is -0.121. The van der Waals surface area contributed by atoms with Gasteiger partial charge in [-0.25, -0.2) is 8.78 Å². The highest BCUT2D eigenvalue weighted by molar-refractivity contribution is 5.79. The monoisotopic (exact) mass is 341 g/mol. The summed E-state index contributed by atoms with van der Waals surface area (Å²) in [5, 5.41) is 11.7. The van der Waals surface area contributed by atoms with Crippen molar-refractivity contribution in [1.29, 1.82) is 5.26 Å². The number of carbonyl (C=O) groups is 1. The molecule has 1 fully saturated rings. The summed E-state index contributed by atoms with van der Waals surface area (Å²) >= 11 is 0. The van der Waals surface area contributed by atoms with Crippen molar-refractivity contribution >= 4 is 11.6 Å². The summed E-state index contributed by atoms with van der Waals surface area (Å²) in [6, 6.07) is 12.4. The number of carbonyl (C=O) groups excluding carboxylic acids is 1. The average Bonchev–Trinajstić information content (AvgIpc) is 3.03. The molecular formula is C19H17F2N3O. The van der Waals surface area contributed by atoms with Crippen molar-refractivity contribution in [2.75, 3.05) is 18.0 Å². The predicted molar refractivity (Wildman–Crippen MR) is 90.0 cm³/mol. The highest BCUT2D eigenvalue weighted by atomic mass is 19.1. The van der Waals surface area contributed by atoms with Crippen molar-refractivity contribution in [1.82, 2.24) is 5.32 Å². The molecule has 2 aromatic carbocycles. The molecule has 1 aliphatic rings. The van der Waals surface area contributed by atoms with Crippen LogP contribution in [0.4, 0.5) is 14.5 Å². The second-order valence-corrected chi connectivity index (χ2v) is 6.08. The summed E-state index contributed by atoms with van der Waals surface area (Å²) in [6.07, 6.45) is 0.934. The van der Waals surface area contributed by atoms with E-state index in [4.69, 9.17) is 5.26 Å². The number of nitrogens with zero attached hydrogens (tertiary/aromatic N) is 2. The van der Waals surface area contributed by atoms with Gasteiger partial charge in [-0.3, -0.25) is 4.79 Å². The van der Waals surface area contributed by atoms with Crippen molar-refractivity contribution in [3.05, 3.63) is 65.2 Å². The van der Waals surface area contributed by atoms with Gasteiger partial charge in [0.05, 0.1) is 23.7 Å². The van der Waals surface area contributed by atoms with Crippen LogP contribution in [0.15, 0.2) is 42.5 Å². The minimum atomic E-state index is -0.604. The van der Waals surface area contributed by atoms with Crippen LogP contribution in [0.25, 0.3) is 0 Å². The van der Waals surface area contributed by atoms with Crippen LogP contribution in [-0.4, -0.2) is 25.0 Å². The number of benzene rings is 2. The van der Waals surface area contributed by atoms with Crippen molar-refractivity contribution in [3.63, 3.8) is 0 Å². The summed E-state index contributed by atoms with van der Waals surface area (Å²) in [5.41, 5.74) is 1.73. The lowest BCUT2D eigenvalue weighted by Crippen LogP contribution is -2.38. The molecule has 1 heterocycles. The summed E-state index contributed by atoms with van der Waals surface area (Å²) in [5.74, 6) is -1.31. The van der Waals surface area contributed by atoms with Crippen LogP contribution in [0.3, 0.4) is 0 Å². The van der Waals surface area contributed by atoms with E-state index in [9.17, 15) is 13.6 Å². The topological polar surface area (TPSA) is 56.1 Å². The molecule has 0 aliphatic carbocycles. The van der Waals surface area contributed by atoms with E-state index in [1.54, 1.807) is 29.2 Å². The van der Waals surface area contributed by atoms with E-state index in [2.05, 4.69) is 5.32 Å². The SMILES string of the molecule is N#Cc1ccc(CC(=O)N[C@@H]2CCN(c3ccc(F)cc3F)C2)cc1. The van der Waals surface area contributed by atoms with E-state index >= 15 is 0 Å². The fourth-order valence-corrected chi connectivity index (χ4v) is 3.00. The Kier molecular flexibility index (Phi) is 4.94. The van der Waals surface area contributed by atoms with Crippen molar-refractivity contribution in [2.45, 2.75) is 18.9 Å². The molecule has 0 aromatic heterocycles. The number of nitriles is 1. The second kappa shape index (κ2) is 7.31. The Morgan fingerprint density at radius 1 is 1.24 bits per heavy atom. The van der Waals surface area contributed by atoms with E-state index in [1.165, 1.54) is 12.1 Å². The third-order valence-corrected chi connectivity index (χ3v) is 4.25. The fraction of sp³-hybridized carbons (Fsp3) is 0.263. The summed E-state index contributed by atoms with van der Waals surface area (Å²) in [7, 11) is 0. The van der Waals surface area contributed by atoms with E-state index < -0.39 is 11.6 Å². The summed E-state index contributed by atoms with van der Waals surface area (Å²) in [6.45, 7) is 1.09. The second-order valence-electron chi connectivity index (χ2n) is 6.08. The Hall–Kier alpha value is -2.94. The van der Waals surface area contributed by atoms with Crippen LogP contribution < -0.4 is 10.2 Å². The van der Waals surface area contributed by atoms with Crippen LogP contribution in [0, 0.1) is 23.0 Å². The van der Waals surface area contributed by atoms with E-state index in [-0.39, 0.29) is 18.4 Å². The largest absolute Gasteiger partial charge is 0.367 e. The molecular weight excluding hydrogens is 324 g/mol. The maximum atomic E-state index is 13.8. The molecule has 0 spiro atoms. The Balaban J connectivity index is 1.55. The van der Waals surface area contributed by atoms with Crippen molar-refractivity contribution < 1.29 is 13.6 Å². The standard InChI is InChI=1S/C19H17F2N3O/c20-15-5-6-18(17(21)10-15)24-8-7-16(12-24)23-19(25)9-13-1-3-14(11-22)4-2-13/h1-6,10,16H,7-9,12H2,(H,23,25)/t16-/m1/s1. The third-order valence-electron chi connectivity index (χ3n) is 4.25. The van der Waals surface area contributed by atoms with Crippen LogP contribution in [0.2, 0.25) is 0 Å². The van der Waals surface area contributed by atoms with Crippen LogP contribution in [-0.2, 0) is 11.2 Å². The molecule has 1 N–H and O–H groups in total. The van der Waals surface area contributed by atoms with Gasteiger partial charge in [-0.2, -0.15) is 5.26 Å². The van der Waals surface area contributed by atoms with E-state index in [0.29, 0.717) is 30.8 Å². The molecule has 4 nitrogen and oxygen atoms in total. The molecule has 2 aromatic rings. The number of anilines is 1. The molecule has 0 saturated carbocycles. The predicted octanol–water partition coefficient (Wildman–Crippen LogP) is 2.77. The van der Waals surface area contributed by atoms with Crippen molar-refractivity contribution in [2.24, 2.45) is 0 Å². The van der Waals surface area contributed by atoms with Crippen molar-refractivity contribution in [3.8, 4) is 6.07 Å². The summed E-state index contributed by atoms with van der Waals surface area (Å²) < 4.78 is 26.9. The molecule has 0 bridgehead atoms. The molecule has 6 heteroatoms. The number of amides is 1. The van der Waals surface area contributed by atoms with Crippen LogP contribution in [0.1, 0.15) is 17.5 Å². The minimum absolute atomic E-state index is 0.0738. The van der Waals surface area contributed by atoms with Gasteiger partial charge in [-0.15, -0.1) is 0 Å². The molecule has 1 saturated heterocycles. The van der Waals surface area contributed by atoms with Gasteiger partial charge in [0.25, 0.3) is 0 Å². The molecule has 0 radical (unpaired) electrons. The molecule has 1 atom stereocenters. The first-order chi connectivity index (χ1) is 12.0. The van der Waals surface area contributed by atoms with Gasteiger partial charge in [-0.1, -0.05) is 12.1 Å². The normalized spacial score (nSPS) is 16.5. The van der Waals surface area contributed by atoms with Crippen LogP contribution in [0.5, 0.6) is 0 Å². The fourth-order valence-electron chi connectivity index (χ4n) is 3.00. The third kappa shape index (κ3) is 4.13. The van der Waals surface area contributed by atoms with Crippen LogP contribution >= 0.6 is 0 Å². The van der Waals surface area contributed by atoms with Gasteiger partial charge >= 0.3 is 0 Å². The van der Waals surface area contributed by atoms with Gasteiger partial charge < -0.3 is 10.2 Å². The van der Waals surface area contributed by atoms with E-state index in [1.807, 2.05) is 6.07 Å². The van der Waals surface area contributed by atoms with Gasteiger partial charge in [0, 0.05) is 25.2 Å². The summed E-state index contributed by atoms with van der Waals surface area (Å²) in [4.78, 5) is 14.0. The zero-order valence-corrected chi connectivity index (χ0v) is 13.5. The van der Waals surface area contributed by atoms with Gasteiger partial charge in [0.1, 0.15) is 11.6 Å². The first-order valence-electron chi connectivity index (χ1n) is 8.03. The number of halogens is 2. The number of hydrogen-bond acceptors (Lipinski definition) is 3. The number of hydrogen-bond donors (Lipinski definition) is 1. The van der Waals surface area contributed by atoms with Gasteiger partial charge in [0.15, 0.2) is 0 Å². The Labute approximate surface area is 144 Å². The molecule has 3 rings (SSSR count). The van der Waals surface area contributed by atoms with E-state index in [0.717, 1.165) is 11.6 Å². The lowest BCUT2D eigenvalue weighted by atomic mass is 10.1. The lowest BCUT2D eigenvalue weighted by Gasteiger charge is -2.19. The quantitative estimate of drug-likeness (QED) is 0.930. The molecule has 0 unspecified atom stereocenters. The Bertz CT molecular complexity index is 814. The molecule has 1 aliphatic heterocycles. The first-order valence-corrected chi connectivity index (χ1v) is 8.03. The zero-order valence-electron chi connectivity index (χ0n) is 13.5. The Morgan fingerprint density at radius 2 is 2.00 bits per heavy atom.